The summed E-state index contributed by atoms with van der Waals surface area (Å²) < 4.78 is 0. The second kappa shape index (κ2) is 16.3. The third-order valence-corrected chi connectivity index (χ3v) is 14.7. The van der Waals surface area contributed by atoms with Crippen molar-refractivity contribution >= 4 is 34.1 Å². The van der Waals surface area contributed by atoms with Crippen molar-refractivity contribution in [3.05, 3.63) is 265 Å². The van der Waals surface area contributed by atoms with Crippen LogP contribution in [0.2, 0.25) is 0 Å². The van der Waals surface area contributed by atoms with Gasteiger partial charge in [-0.2, -0.15) is 0 Å². The predicted octanol–water partition coefficient (Wildman–Crippen LogP) is 18.2. The summed E-state index contributed by atoms with van der Waals surface area (Å²) in [7, 11) is 0. The Morgan fingerprint density at radius 1 is 0.221 bits per heavy atom. The van der Waals surface area contributed by atoms with Gasteiger partial charge in [-0.05, 0) is 151 Å². The molecule has 0 aliphatic heterocycles. The second-order valence-electron chi connectivity index (χ2n) is 19.4. The Labute approximate surface area is 401 Å². The van der Waals surface area contributed by atoms with Crippen LogP contribution >= 0.6 is 0 Å². The van der Waals surface area contributed by atoms with Crippen molar-refractivity contribution in [2.24, 2.45) is 0 Å². The van der Waals surface area contributed by atoms with Crippen molar-refractivity contribution in [1.29, 1.82) is 0 Å². The van der Waals surface area contributed by atoms with Gasteiger partial charge in [0.15, 0.2) is 0 Å². The van der Waals surface area contributed by atoms with Crippen molar-refractivity contribution < 1.29 is 0 Å². The first-order chi connectivity index (χ1) is 33.2. The summed E-state index contributed by atoms with van der Waals surface area (Å²) in [6.45, 7) is 9.37. The van der Waals surface area contributed by atoms with E-state index in [1.165, 1.54) is 77.9 Å². The van der Waals surface area contributed by atoms with Gasteiger partial charge in [-0.25, -0.2) is 0 Å². The molecule has 0 radical (unpaired) electrons. The molecular formula is C66H52N2. The summed E-state index contributed by atoms with van der Waals surface area (Å²) in [5, 5.41) is 0. The first kappa shape index (κ1) is 41.2. The van der Waals surface area contributed by atoms with Crippen LogP contribution in [0.25, 0.3) is 55.6 Å². The van der Waals surface area contributed by atoms with Crippen LogP contribution < -0.4 is 9.80 Å². The lowest BCUT2D eigenvalue weighted by atomic mass is 9.82. The Balaban J connectivity index is 0.777. The van der Waals surface area contributed by atoms with Crippen LogP contribution in [0, 0.1) is 0 Å². The quantitative estimate of drug-likeness (QED) is 0.143. The molecule has 0 N–H and O–H groups in total. The van der Waals surface area contributed by atoms with Gasteiger partial charge in [0.1, 0.15) is 0 Å². The molecule has 0 atom stereocenters. The number of anilines is 6. The highest BCUT2D eigenvalue weighted by Gasteiger charge is 2.37. The van der Waals surface area contributed by atoms with Crippen molar-refractivity contribution in [2.45, 2.75) is 38.5 Å². The summed E-state index contributed by atoms with van der Waals surface area (Å²) in [4.78, 5) is 4.74. The molecule has 0 amide bonds. The zero-order chi connectivity index (χ0) is 46.0. The molecule has 0 unspecified atom stereocenters. The third-order valence-electron chi connectivity index (χ3n) is 14.7. The molecule has 10 aromatic rings. The van der Waals surface area contributed by atoms with E-state index in [9.17, 15) is 0 Å². The minimum absolute atomic E-state index is 0.0280. The first-order valence-corrected chi connectivity index (χ1v) is 23.8. The van der Waals surface area contributed by atoms with E-state index in [0.717, 1.165) is 34.1 Å². The summed E-state index contributed by atoms with van der Waals surface area (Å²) >= 11 is 0. The number of benzene rings is 10. The molecule has 2 aliphatic carbocycles. The monoisotopic (exact) mass is 872 g/mol. The van der Waals surface area contributed by atoms with Crippen LogP contribution in [0.1, 0.15) is 49.9 Å². The molecule has 2 aliphatic rings. The molecule has 2 nitrogen and oxygen atoms in total. The van der Waals surface area contributed by atoms with Crippen LogP contribution in [-0.4, -0.2) is 0 Å². The van der Waals surface area contributed by atoms with E-state index in [-0.39, 0.29) is 10.8 Å². The highest BCUT2D eigenvalue weighted by Crippen LogP contribution is 2.52. The molecule has 0 heterocycles. The normalized spacial score (nSPS) is 13.5. The first-order valence-electron chi connectivity index (χ1n) is 23.8. The molecule has 0 bridgehead atoms. The van der Waals surface area contributed by atoms with Crippen molar-refractivity contribution in [3.63, 3.8) is 0 Å². The number of fused-ring (bicyclic) bond motifs is 6. The number of rotatable bonds is 9. The summed E-state index contributed by atoms with van der Waals surface area (Å²) in [5.74, 6) is 0. The van der Waals surface area contributed by atoms with E-state index in [1.807, 2.05) is 0 Å². The van der Waals surface area contributed by atoms with E-state index in [0.29, 0.717) is 0 Å². The molecule has 10 aromatic carbocycles. The van der Waals surface area contributed by atoms with Gasteiger partial charge in [0.05, 0.1) is 0 Å². The molecule has 0 saturated carbocycles. The van der Waals surface area contributed by atoms with Crippen LogP contribution in [0.3, 0.4) is 0 Å². The molecule has 326 valence electrons. The topological polar surface area (TPSA) is 6.48 Å². The lowest BCUT2D eigenvalue weighted by molar-refractivity contribution is 0.660. The van der Waals surface area contributed by atoms with Crippen molar-refractivity contribution in [2.75, 3.05) is 9.80 Å². The Bertz CT molecular complexity index is 3460. The van der Waals surface area contributed by atoms with Crippen LogP contribution in [-0.2, 0) is 10.8 Å². The van der Waals surface area contributed by atoms with Gasteiger partial charge in [-0.1, -0.05) is 198 Å². The zero-order valence-corrected chi connectivity index (χ0v) is 39.0. The average Bonchev–Trinajstić information content (AvgIpc) is 3.76. The molecule has 12 rings (SSSR count). The summed E-state index contributed by atoms with van der Waals surface area (Å²) in [5.41, 5.74) is 24.7. The van der Waals surface area contributed by atoms with Crippen molar-refractivity contribution in [1.82, 2.24) is 0 Å². The molecule has 0 saturated heterocycles. The largest absolute Gasteiger partial charge is 0.310 e. The molecule has 0 fully saturated rings. The highest BCUT2D eigenvalue weighted by atomic mass is 15.1. The molecule has 68 heavy (non-hydrogen) atoms. The Hall–Kier alpha value is -8.20. The zero-order valence-electron chi connectivity index (χ0n) is 39.0. The van der Waals surface area contributed by atoms with Gasteiger partial charge >= 0.3 is 0 Å². The second-order valence-corrected chi connectivity index (χ2v) is 19.4. The number of nitrogens with zero attached hydrogens (tertiary/aromatic N) is 2. The van der Waals surface area contributed by atoms with Gasteiger partial charge in [-0.15, -0.1) is 0 Å². The summed E-state index contributed by atoms with van der Waals surface area (Å²) in [6, 6.07) is 89.0. The Morgan fingerprint density at radius 2 is 0.515 bits per heavy atom. The lowest BCUT2D eigenvalue weighted by Gasteiger charge is -2.28. The third kappa shape index (κ3) is 6.95. The molecule has 0 spiro atoms. The highest BCUT2D eigenvalue weighted by molar-refractivity contribution is 5.88. The van der Waals surface area contributed by atoms with Crippen LogP contribution in [0.15, 0.2) is 243 Å². The molecule has 0 aromatic heterocycles. The maximum Gasteiger partial charge on any atom is 0.0468 e. The summed E-state index contributed by atoms with van der Waals surface area (Å²) in [6.07, 6.45) is 0. The van der Waals surface area contributed by atoms with Gasteiger partial charge in [-0.3, -0.25) is 0 Å². The predicted molar refractivity (Wildman–Crippen MR) is 287 cm³/mol. The van der Waals surface area contributed by atoms with E-state index in [1.54, 1.807) is 0 Å². The van der Waals surface area contributed by atoms with Crippen LogP contribution in [0.5, 0.6) is 0 Å². The van der Waals surface area contributed by atoms with E-state index >= 15 is 0 Å². The standard InChI is InChI=1S/C66H52N2/c1-65(2)62-22-14-12-20-58(62)60-43-55(40-42-63(60)65)67(51-15-7-5-8-16-51)53-35-31-49(32-36-53)47-27-23-45(24-28-47)46-25-29-48(30-26-46)50-33-37-54(38-34-50)68(52-17-9-6-10-18-52)56-39-41-59-57-19-11-13-21-61(57)66(3,4)64(59)44-56/h5-44H,1-4H3. The lowest BCUT2D eigenvalue weighted by Crippen LogP contribution is -2.16. The fourth-order valence-electron chi connectivity index (χ4n) is 11.0. The number of hydrogen-bond acceptors (Lipinski definition) is 2. The van der Waals surface area contributed by atoms with E-state index < -0.39 is 0 Å². The van der Waals surface area contributed by atoms with Gasteiger partial charge in [0, 0.05) is 45.0 Å². The Kier molecular flexibility index (Phi) is 9.88. The minimum Gasteiger partial charge on any atom is -0.310 e. The molecule has 2 heteroatoms. The maximum absolute atomic E-state index is 2.40. The van der Waals surface area contributed by atoms with Gasteiger partial charge in [0.2, 0.25) is 0 Å². The maximum atomic E-state index is 2.40. The fourth-order valence-corrected chi connectivity index (χ4v) is 11.0. The Morgan fingerprint density at radius 3 is 0.971 bits per heavy atom. The minimum atomic E-state index is -0.0718. The molecular weight excluding hydrogens is 821 g/mol. The number of para-hydroxylation sites is 2. The van der Waals surface area contributed by atoms with E-state index in [4.69, 9.17) is 0 Å². The van der Waals surface area contributed by atoms with Crippen LogP contribution in [0.4, 0.5) is 34.1 Å². The average molecular weight is 873 g/mol. The fraction of sp³-hybridized carbons (Fsp3) is 0.0909. The SMILES string of the molecule is CC1(C)c2ccccc2-c2cc(N(c3ccccc3)c3ccc(-c4ccc(-c5ccc(-c6ccc(N(c7ccccc7)c7ccc8c(c7)C(C)(C)c7ccccc7-8)cc6)cc5)cc4)cc3)ccc21. The van der Waals surface area contributed by atoms with E-state index in [2.05, 4.69) is 280 Å². The number of hydrogen-bond donors (Lipinski definition) is 0. The van der Waals surface area contributed by atoms with Gasteiger partial charge in [0.25, 0.3) is 0 Å². The van der Waals surface area contributed by atoms with Gasteiger partial charge < -0.3 is 9.80 Å². The van der Waals surface area contributed by atoms with Crippen molar-refractivity contribution in [3.8, 4) is 55.6 Å². The smallest absolute Gasteiger partial charge is 0.0468 e.